The molecule has 1 unspecified atom stereocenters. The number of carbonyl (C=O) groups is 1. The van der Waals surface area contributed by atoms with Crippen LogP contribution in [0.5, 0.6) is 11.5 Å². The molecule has 0 aliphatic rings. The van der Waals surface area contributed by atoms with Crippen LogP contribution in [0.25, 0.3) is 0 Å². The number of carbonyl (C=O) groups excluding carboxylic acids is 1. The molecule has 5 nitrogen and oxygen atoms in total. The summed E-state index contributed by atoms with van der Waals surface area (Å²) in [5.41, 5.74) is 7.31. The summed E-state index contributed by atoms with van der Waals surface area (Å²) in [5, 5.41) is 2.94. The minimum atomic E-state index is -0.00158. The van der Waals surface area contributed by atoms with Crippen molar-refractivity contribution in [1.82, 2.24) is 0 Å². The van der Waals surface area contributed by atoms with Crippen LogP contribution in [0, 0.1) is 0 Å². The van der Waals surface area contributed by atoms with Gasteiger partial charge in [-0.25, -0.2) is 0 Å². The molecule has 0 radical (unpaired) electrons. The molecule has 1 atom stereocenters. The summed E-state index contributed by atoms with van der Waals surface area (Å²) in [5.74, 6) is 1.74. The van der Waals surface area contributed by atoms with Crippen molar-refractivity contribution in [3.8, 4) is 11.5 Å². The zero-order valence-corrected chi connectivity index (χ0v) is 16.1. The standard InChI is InChI=1S/C20H26N2O3.ClH/c1-3-15(16-4-8-18(24-2)9-5-16)14-20(23)22-17-6-10-19(11-7-17)25-13-12-21;/h4-11,15H,3,12-14,21H2,1-2H3,(H,22,23);1H. The Labute approximate surface area is 161 Å². The molecule has 0 spiro atoms. The average Bonchev–Trinajstić information content (AvgIpc) is 2.65. The predicted octanol–water partition coefficient (Wildman–Crippen LogP) is 3.98. The molecule has 6 heteroatoms. The summed E-state index contributed by atoms with van der Waals surface area (Å²) in [6.45, 7) is 3.04. The lowest BCUT2D eigenvalue weighted by atomic mass is 9.93. The lowest BCUT2D eigenvalue weighted by Gasteiger charge is -2.16. The van der Waals surface area contributed by atoms with Gasteiger partial charge in [-0.2, -0.15) is 0 Å². The molecule has 2 rings (SSSR count). The SMILES string of the molecule is CCC(CC(=O)Nc1ccc(OCCN)cc1)c1ccc(OC)cc1.Cl. The Bertz CT molecular complexity index is 660. The van der Waals surface area contributed by atoms with Crippen LogP contribution in [-0.4, -0.2) is 26.2 Å². The van der Waals surface area contributed by atoms with E-state index in [0.717, 1.165) is 29.2 Å². The second-order valence-electron chi connectivity index (χ2n) is 5.79. The Kier molecular flexibility index (Phi) is 9.55. The number of ether oxygens (including phenoxy) is 2. The van der Waals surface area contributed by atoms with Crippen LogP contribution in [0.3, 0.4) is 0 Å². The Morgan fingerprint density at radius 1 is 1.08 bits per heavy atom. The maximum atomic E-state index is 12.4. The normalized spacial score (nSPS) is 11.2. The first-order valence-electron chi connectivity index (χ1n) is 8.53. The molecule has 0 aromatic heterocycles. The summed E-state index contributed by atoms with van der Waals surface area (Å²) in [7, 11) is 1.64. The van der Waals surface area contributed by atoms with E-state index in [1.165, 1.54) is 0 Å². The molecule has 0 heterocycles. The van der Waals surface area contributed by atoms with E-state index >= 15 is 0 Å². The van der Waals surface area contributed by atoms with Gasteiger partial charge >= 0.3 is 0 Å². The molecule has 2 aromatic carbocycles. The first-order valence-corrected chi connectivity index (χ1v) is 8.53. The average molecular weight is 379 g/mol. The molecular formula is C20H27ClN2O3. The van der Waals surface area contributed by atoms with Crippen LogP contribution >= 0.6 is 12.4 Å². The second-order valence-corrected chi connectivity index (χ2v) is 5.79. The van der Waals surface area contributed by atoms with Crippen LogP contribution in [0.1, 0.15) is 31.2 Å². The third-order valence-corrected chi connectivity index (χ3v) is 4.04. The molecule has 0 fully saturated rings. The van der Waals surface area contributed by atoms with E-state index in [1.54, 1.807) is 7.11 Å². The summed E-state index contributed by atoms with van der Waals surface area (Å²) in [6.07, 6.45) is 1.33. The topological polar surface area (TPSA) is 73.6 Å². The summed E-state index contributed by atoms with van der Waals surface area (Å²) in [6, 6.07) is 15.2. The Balaban J connectivity index is 0.00000338. The van der Waals surface area contributed by atoms with Gasteiger partial charge in [0.25, 0.3) is 0 Å². The van der Waals surface area contributed by atoms with Gasteiger partial charge < -0.3 is 20.5 Å². The molecule has 2 aromatic rings. The quantitative estimate of drug-likeness (QED) is 0.692. The van der Waals surface area contributed by atoms with Gasteiger partial charge in [0.05, 0.1) is 7.11 Å². The molecule has 1 amide bonds. The fourth-order valence-corrected chi connectivity index (χ4v) is 2.62. The largest absolute Gasteiger partial charge is 0.497 e. The van der Waals surface area contributed by atoms with E-state index in [2.05, 4.69) is 12.2 Å². The molecule has 0 aliphatic carbocycles. The van der Waals surface area contributed by atoms with Crippen molar-refractivity contribution >= 4 is 24.0 Å². The van der Waals surface area contributed by atoms with E-state index in [0.29, 0.717) is 19.6 Å². The number of amides is 1. The molecule has 142 valence electrons. The second kappa shape index (κ2) is 11.4. The number of nitrogens with two attached hydrogens (primary N) is 1. The fraction of sp³-hybridized carbons (Fsp3) is 0.350. The molecule has 0 aliphatic heterocycles. The zero-order valence-electron chi connectivity index (χ0n) is 15.2. The van der Waals surface area contributed by atoms with E-state index in [4.69, 9.17) is 15.2 Å². The third-order valence-electron chi connectivity index (χ3n) is 4.04. The third kappa shape index (κ3) is 6.58. The van der Waals surface area contributed by atoms with Crippen molar-refractivity contribution in [3.05, 3.63) is 54.1 Å². The van der Waals surface area contributed by atoms with Gasteiger partial charge in [0.15, 0.2) is 0 Å². The van der Waals surface area contributed by atoms with Crippen molar-refractivity contribution in [3.63, 3.8) is 0 Å². The molecule has 0 bridgehead atoms. The van der Waals surface area contributed by atoms with Crippen molar-refractivity contribution in [2.75, 3.05) is 25.6 Å². The number of methoxy groups -OCH3 is 1. The zero-order chi connectivity index (χ0) is 18.1. The first-order chi connectivity index (χ1) is 12.2. The summed E-state index contributed by atoms with van der Waals surface area (Å²) >= 11 is 0. The van der Waals surface area contributed by atoms with Gasteiger partial charge in [0.1, 0.15) is 18.1 Å². The fourth-order valence-electron chi connectivity index (χ4n) is 2.62. The number of anilines is 1. The highest BCUT2D eigenvalue weighted by atomic mass is 35.5. The van der Waals surface area contributed by atoms with Gasteiger partial charge in [-0.15, -0.1) is 12.4 Å². The van der Waals surface area contributed by atoms with Crippen molar-refractivity contribution in [2.45, 2.75) is 25.7 Å². The van der Waals surface area contributed by atoms with Gasteiger partial charge in [-0.05, 0) is 54.3 Å². The smallest absolute Gasteiger partial charge is 0.224 e. The van der Waals surface area contributed by atoms with E-state index in [9.17, 15) is 4.79 Å². The number of rotatable bonds is 9. The van der Waals surface area contributed by atoms with E-state index < -0.39 is 0 Å². The van der Waals surface area contributed by atoms with Gasteiger partial charge in [0.2, 0.25) is 5.91 Å². The summed E-state index contributed by atoms with van der Waals surface area (Å²) < 4.78 is 10.6. The number of benzene rings is 2. The summed E-state index contributed by atoms with van der Waals surface area (Å²) in [4.78, 5) is 12.4. The van der Waals surface area contributed by atoms with Crippen LogP contribution in [0.15, 0.2) is 48.5 Å². The highest BCUT2D eigenvalue weighted by Gasteiger charge is 2.14. The minimum absolute atomic E-state index is 0. The van der Waals surface area contributed by atoms with Crippen molar-refractivity contribution in [2.24, 2.45) is 5.73 Å². The molecular weight excluding hydrogens is 352 g/mol. The van der Waals surface area contributed by atoms with Gasteiger partial charge in [-0.3, -0.25) is 4.79 Å². The van der Waals surface area contributed by atoms with Gasteiger partial charge in [-0.1, -0.05) is 19.1 Å². The first kappa shape index (κ1) is 21.8. The maximum absolute atomic E-state index is 12.4. The van der Waals surface area contributed by atoms with Crippen molar-refractivity contribution < 1.29 is 14.3 Å². The Morgan fingerprint density at radius 2 is 1.69 bits per heavy atom. The predicted molar refractivity (Wildman–Crippen MR) is 108 cm³/mol. The van der Waals surface area contributed by atoms with Crippen LogP contribution in [0.2, 0.25) is 0 Å². The lowest BCUT2D eigenvalue weighted by Crippen LogP contribution is -2.15. The monoisotopic (exact) mass is 378 g/mol. The molecule has 0 saturated heterocycles. The molecule has 26 heavy (non-hydrogen) atoms. The molecule has 0 saturated carbocycles. The number of nitrogens with one attached hydrogen (secondary N) is 1. The van der Waals surface area contributed by atoms with Crippen LogP contribution in [0.4, 0.5) is 5.69 Å². The van der Waals surface area contributed by atoms with Crippen molar-refractivity contribution in [1.29, 1.82) is 0 Å². The number of hydrogen-bond donors (Lipinski definition) is 2. The van der Waals surface area contributed by atoms with Crippen LogP contribution in [-0.2, 0) is 4.79 Å². The highest BCUT2D eigenvalue weighted by Crippen LogP contribution is 2.26. The number of halogens is 1. The maximum Gasteiger partial charge on any atom is 0.224 e. The van der Waals surface area contributed by atoms with Crippen LogP contribution < -0.4 is 20.5 Å². The highest BCUT2D eigenvalue weighted by molar-refractivity contribution is 5.91. The number of hydrogen-bond acceptors (Lipinski definition) is 4. The Morgan fingerprint density at radius 3 is 2.23 bits per heavy atom. The lowest BCUT2D eigenvalue weighted by molar-refractivity contribution is -0.116. The molecule has 3 N–H and O–H groups in total. The van der Waals surface area contributed by atoms with E-state index in [1.807, 2.05) is 48.5 Å². The van der Waals surface area contributed by atoms with Gasteiger partial charge in [0, 0.05) is 18.7 Å². The minimum Gasteiger partial charge on any atom is -0.497 e. The van der Waals surface area contributed by atoms with E-state index in [-0.39, 0.29) is 24.2 Å². The Hall–Kier alpha value is -2.24.